The molecule has 8 aromatic carbocycles. The van der Waals surface area contributed by atoms with Gasteiger partial charge in [-0.2, -0.15) is 0 Å². The minimum absolute atomic E-state index is 0.840. The van der Waals surface area contributed by atoms with Gasteiger partial charge in [-0.15, -0.1) is 0 Å². The molecule has 0 amide bonds. The van der Waals surface area contributed by atoms with E-state index in [0.717, 1.165) is 112 Å². The molecule has 0 radical (unpaired) electrons. The molecule has 4 aromatic heterocycles. The van der Waals surface area contributed by atoms with Crippen LogP contribution >= 0.6 is 0 Å². The minimum atomic E-state index is 0.840. The van der Waals surface area contributed by atoms with Crippen LogP contribution in [0.5, 0.6) is 0 Å². The van der Waals surface area contributed by atoms with E-state index in [1.165, 1.54) is 32.3 Å². The Hall–Kier alpha value is -9.13. The highest BCUT2D eigenvalue weighted by Crippen LogP contribution is 2.41. The maximum Gasteiger partial charge on any atom is 0.139 e. The van der Waals surface area contributed by atoms with Gasteiger partial charge in [-0.05, 0) is 115 Å². The SMILES string of the molecule is C1=Cc2nc1c(-c1ccccc1)c1ccc([nH]1)c(-c1ccccc1)c1nc(c(-c3ccc4[nH]c(-c5ccc6ccc7cccc8ccc5c6c78)nc4c3)c3ccc([nH]3)c2-c2ccccc2)C=C1. The molecule has 0 unspecified atom stereocenters. The fourth-order valence-electron chi connectivity index (χ4n) is 10.5. The van der Waals surface area contributed by atoms with E-state index in [2.05, 4.69) is 227 Å². The van der Waals surface area contributed by atoms with E-state index >= 15 is 0 Å². The van der Waals surface area contributed by atoms with Gasteiger partial charge in [0.1, 0.15) is 5.82 Å². The van der Waals surface area contributed by atoms with Crippen molar-refractivity contribution >= 4 is 89.7 Å². The summed E-state index contributed by atoms with van der Waals surface area (Å²) in [7, 11) is 0. The smallest absolute Gasteiger partial charge is 0.139 e. The van der Waals surface area contributed by atoms with E-state index in [0.29, 0.717) is 0 Å². The Bertz CT molecular complexity index is 4140. The molecule has 3 N–H and O–H groups in total. The summed E-state index contributed by atoms with van der Waals surface area (Å²) < 4.78 is 0. The van der Waals surface area contributed by atoms with Crippen LogP contribution < -0.4 is 0 Å². The van der Waals surface area contributed by atoms with Gasteiger partial charge in [-0.1, -0.05) is 152 Å². The van der Waals surface area contributed by atoms with Crippen molar-refractivity contribution in [3.63, 3.8) is 0 Å². The molecule has 12 aromatic rings. The largest absolute Gasteiger partial charge is 0.354 e. The molecule has 2 aliphatic heterocycles. The van der Waals surface area contributed by atoms with Crippen LogP contribution in [0.4, 0.5) is 0 Å². The number of aromatic nitrogens is 6. The molecule has 14 rings (SSSR count). The Kier molecular flexibility index (Phi) is 8.18. The van der Waals surface area contributed by atoms with Crippen LogP contribution in [-0.4, -0.2) is 29.9 Å². The van der Waals surface area contributed by atoms with Crippen LogP contribution in [0.25, 0.3) is 146 Å². The van der Waals surface area contributed by atoms with Crippen LogP contribution in [0.15, 0.2) is 188 Å². The number of hydrogen-bond donors (Lipinski definition) is 3. The third-order valence-electron chi connectivity index (χ3n) is 13.5. The molecule has 6 heteroatoms. The summed E-state index contributed by atoms with van der Waals surface area (Å²) in [5.41, 5.74) is 18.5. The average molecular weight is 855 g/mol. The van der Waals surface area contributed by atoms with E-state index < -0.39 is 0 Å². The van der Waals surface area contributed by atoms with Gasteiger partial charge in [0, 0.05) is 49.9 Å². The summed E-state index contributed by atoms with van der Waals surface area (Å²) in [5, 5.41) is 7.47. The zero-order valence-corrected chi connectivity index (χ0v) is 36.0. The number of hydrogen-bond acceptors (Lipinski definition) is 3. The highest BCUT2D eigenvalue weighted by Gasteiger charge is 2.20. The Balaban J connectivity index is 1.04. The van der Waals surface area contributed by atoms with Gasteiger partial charge in [0.05, 0.1) is 33.8 Å². The second kappa shape index (κ2) is 14.7. The molecule has 0 saturated heterocycles. The van der Waals surface area contributed by atoms with Gasteiger partial charge in [0.15, 0.2) is 0 Å². The molecule has 2 aliphatic rings. The molecular weight excluding hydrogens is 817 g/mol. The van der Waals surface area contributed by atoms with E-state index in [-0.39, 0.29) is 0 Å². The van der Waals surface area contributed by atoms with Crippen molar-refractivity contribution in [3.8, 4) is 55.9 Å². The topological polar surface area (TPSA) is 86.0 Å². The lowest BCUT2D eigenvalue weighted by molar-refractivity contribution is 1.31. The molecule has 0 spiro atoms. The quantitative estimate of drug-likeness (QED) is 0.151. The lowest BCUT2D eigenvalue weighted by Crippen LogP contribution is -1.89. The Labute approximate surface area is 384 Å². The predicted octanol–water partition coefficient (Wildman–Crippen LogP) is 15.8. The first-order valence-corrected chi connectivity index (χ1v) is 22.7. The van der Waals surface area contributed by atoms with Crippen molar-refractivity contribution in [1.29, 1.82) is 0 Å². The van der Waals surface area contributed by atoms with Gasteiger partial charge in [-0.3, -0.25) is 0 Å². The first-order valence-electron chi connectivity index (χ1n) is 22.7. The van der Waals surface area contributed by atoms with Crippen LogP contribution in [0.2, 0.25) is 0 Å². The maximum absolute atomic E-state index is 5.53. The van der Waals surface area contributed by atoms with Gasteiger partial charge in [-0.25, -0.2) is 15.0 Å². The molecule has 0 aliphatic carbocycles. The molecule has 0 fully saturated rings. The molecule has 6 heterocycles. The van der Waals surface area contributed by atoms with Crippen molar-refractivity contribution in [1.82, 2.24) is 29.9 Å². The lowest BCUT2D eigenvalue weighted by Gasteiger charge is -2.12. The average Bonchev–Trinajstić information content (AvgIpc) is 4.26. The second-order valence-corrected chi connectivity index (χ2v) is 17.4. The Morgan fingerprint density at radius 1 is 0.299 bits per heavy atom. The van der Waals surface area contributed by atoms with Crippen LogP contribution in [0.1, 0.15) is 22.8 Å². The Morgan fingerprint density at radius 3 is 1.24 bits per heavy atom. The zero-order valence-electron chi connectivity index (χ0n) is 36.0. The normalized spacial score (nSPS) is 12.4. The first kappa shape index (κ1) is 37.3. The summed E-state index contributed by atoms with van der Waals surface area (Å²) in [6.07, 6.45) is 8.58. The molecule has 6 nitrogen and oxygen atoms in total. The lowest BCUT2D eigenvalue weighted by atomic mass is 9.92. The van der Waals surface area contributed by atoms with Gasteiger partial charge < -0.3 is 15.0 Å². The zero-order chi connectivity index (χ0) is 44.0. The van der Waals surface area contributed by atoms with Gasteiger partial charge in [0.2, 0.25) is 0 Å². The van der Waals surface area contributed by atoms with E-state index in [1.807, 2.05) is 0 Å². The van der Waals surface area contributed by atoms with Gasteiger partial charge >= 0.3 is 0 Å². The van der Waals surface area contributed by atoms with Crippen LogP contribution in [0, 0.1) is 0 Å². The van der Waals surface area contributed by atoms with Crippen molar-refractivity contribution in [2.75, 3.05) is 0 Å². The van der Waals surface area contributed by atoms with Crippen LogP contribution in [-0.2, 0) is 0 Å². The highest BCUT2D eigenvalue weighted by atomic mass is 14.9. The number of imidazole rings is 1. The number of nitrogens with zero attached hydrogens (tertiary/aromatic N) is 3. The number of H-pyrrole nitrogens is 3. The summed E-state index contributed by atoms with van der Waals surface area (Å²) in [5.74, 6) is 0.840. The van der Waals surface area contributed by atoms with Crippen LogP contribution in [0.3, 0.4) is 0 Å². The standard InChI is InChI=1S/C61H38N6/c1-4-11-36(12-5-1)57-46-27-29-48(62-46)58(37-13-6-2-7-14-37)50-31-33-52(64-50)60(53-34-32-51(65-53)59(38-15-8-3-9-16-38)49-30-28-47(57)63-49)42-23-26-45-54(35-42)67-61(66-45)44-25-22-41-20-19-39-17-10-18-40-21-24-43(44)56(41)55(39)40/h1-35,62,65H,(H,66,67). The third kappa shape index (κ3) is 6.00. The maximum atomic E-state index is 5.53. The van der Waals surface area contributed by atoms with E-state index in [4.69, 9.17) is 15.0 Å². The number of benzene rings is 8. The van der Waals surface area contributed by atoms with E-state index in [9.17, 15) is 0 Å². The molecule has 312 valence electrons. The summed E-state index contributed by atoms with van der Waals surface area (Å²) in [6, 6.07) is 66.7. The summed E-state index contributed by atoms with van der Waals surface area (Å²) in [6.45, 7) is 0. The molecule has 67 heavy (non-hydrogen) atoms. The Morgan fingerprint density at radius 2 is 0.731 bits per heavy atom. The van der Waals surface area contributed by atoms with Crippen molar-refractivity contribution in [2.24, 2.45) is 0 Å². The molecular formula is C61H38N6. The molecule has 0 saturated carbocycles. The minimum Gasteiger partial charge on any atom is -0.354 e. The second-order valence-electron chi connectivity index (χ2n) is 17.4. The van der Waals surface area contributed by atoms with Crippen molar-refractivity contribution in [3.05, 3.63) is 211 Å². The fourth-order valence-corrected chi connectivity index (χ4v) is 10.5. The van der Waals surface area contributed by atoms with Crippen molar-refractivity contribution in [2.45, 2.75) is 0 Å². The first-order chi connectivity index (χ1) is 33.2. The summed E-state index contributed by atoms with van der Waals surface area (Å²) >= 11 is 0. The number of nitrogens with one attached hydrogen (secondary N) is 3. The predicted molar refractivity (Wildman–Crippen MR) is 279 cm³/mol. The number of fused-ring (bicyclic) bond motifs is 9. The molecule has 0 atom stereocenters. The third-order valence-corrected chi connectivity index (χ3v) is 13.5. The monoisotopic (exact) mass is 854 g/mol. The molecule has 8 bridgehead atoms. The van der Waals surface area contributed by atoms with Crippen molar-refractivity contribution < 1.29 is 0 Å². The van der Waals surface area contributed by atoms with E-state index in [1.54, 1.807) is 0 Å². The summed E-state index contributed by atoms with van der Waals surface area (Å²) in [4.78, 5) is 27.7. The van der Waals surface area contributed by atoms with Gasteiger partial charge in [0.25, 0.3) is 0 Å². The highest BCUT2D eigenvalue weighted by molar-refractivity contribution is 6.25. The number of aromatic amines is 3. The fraction of sp³-hybridized carbons (Fsp3) is 0. The number of rotatable bonds is 5.